The minimum atomic E-state index is -0.183. The zero-order chi connectivity index (χ0) is 19.7. The Labute approximate surface area is 176 Å². The topological polar surface area (TPSA) is 57.5 Å². The van der Waals surface area contributed by atoms with Gasteiger partial charge in [0.2, 0.25) is 0 Å². The van der Waals surface area contributed by atoms with E-state index < -0.39 is 0 Å². The fourth-order valence-electron chi connectivity index (χ4n) is 2.92. The summed E-state index contributed by atoms with van der Waals surface area (Å²) in [6, 6.07) is 6.22. The first-order valence-corrected chi connectivity index (χ1v) is 9.59. The number of hydrogen-bond acceptors (Lipinski definition) is 3. The molecule has 0 heterocycles. The lowest BCUT2D eigenvalue weighted by molar-refractivity contribution is -0.112. The molecule has 1 aliphatic carbocycles. The summed E-state index contributed by atoms with van der Waals surface area (Å²) in [7, 11) is 0. The minimum absolute atomic E-state index is 0.0816. The second-order valence-electron chi connectivity index (χ2n) is 6.19. The van der Waals surface area contributed by atoms with Crippen molar-refractivity contribution in [1.29, 1.82) is 0 Å². The summed E-state index contributed by atoms with van der Waals surface area (Å²) < 4.78 is 0. The van der Waals surface area contributed by atoms with Crippen LogP contribution in [-0.4, -0.2) is 16.0 Å². The lowest BCUT2D eigenvalue weighted by Gasteiger charge is -2.17. The Hall–Kier alpha value is -1.65. The summed E-state index contributed by atoms with van der Waals surface area (Å²) in [5.74, 6) is -0.448. The maximum absolute atomic E-state index is 12.8. The molecule has 0 atom stereocenters. The quantitative estimate of drug-likeness (QED) is 0.494. The van der Waals surface area contributed by atoms with Crippen molar-refractivity contribution >= 4 is 64.3 Å². The molecule has 0 unspecified atom stereocenters. The normalized spacial score (nSPS) is 17.7. The highest BCUT2D eigenvalue weighted by molar-refractivity contribution is 6.38. The van der Waals surface area contributed by atoms with E-state index in [-0.39, 0.29) is 37.4 Å². The van der Waals surface area contributed by atoms with Crippen LogP contribution in [0.5, 0.6) is 11.5 Å². The second-order valence-corrected chi connectivity index (χ2v) is 7.82. The molecular weight excluding hydrogens is 430 g/mol. The SMILES string of the molecule is O=C1/C(=C\c2cc(Cl)c(O)c(Cl)c2)CCC/C1=C\c1cc(Cl)c(O)c(Cl)c1. The van der Waals surface area contributed by atoms with Crippen LogP contribution in [-0.2, 0) is 4.79 Å². The summed E-state index contributed by atoms with van der Waals surface area (Å²) in [5.41, 5.74) is 2.54. The molecule has 0 radical (unpaired) electrons. The van der Waals surface area contributed by atoms with Gasteiger partial charge in [0.05, 0.1) is 20.1 Å². The number of aromatic hydroxyl groups is 2. The molecule has 2 N–H and O–H groups in total. The third-order valence-corrected chi connectivity index (χ3v) is 5.39. The van der Waals surface area contributed by atoms with Crippen molar-refractivity contribution in [3.05, 3.63) is 66.6 Å². The van der Waals surface area contributed by atoms with Gasteiger partial charge in [0, 0.05) is 11.1 Å². The molecule has 0 saturated heterocycles. The number of ketones is 1. The molecule has 2 aromatic carbocycles. The zero-order valence-electron chi connectivity index (χ0n) is 13.9. The van der Waals surface area contributed by atoms with Gasteiger partial charge in [-0.2, -0.15) is 0 Å². The first-order chi connectivity index (χ1) is 12.8. The number of allylic oxidation sites excluding steroid dienone is 2. The van der Waals surface area contributed by atoms with Crippen LogP contribution in [0, 0.1) is 0 Å². The maximum atomic E-state index is 12.8. The van der Waals surface area contributed by atoms with E-state index in [1.807, 2.05) is 0 Å². The maximum Gasteiger partial charge on any atom is 0.185 e. The van der Waals surface area contributed by atoms with Gasteiger partial charge < -0.3 is 10.2 Å². The Kier molecular flexibility index (Phi) is 6.07. The Morgan fingerprint density at radius 3 is 1.37 bits per heavy atom. The number of hydrogen-bond donors (Lipinski definition) is 2. The van der Waals surface area contributed by atoms with Crippen molar-refractivity contribution in [2.24, 2.45) is 0 Å². The fraction of sp³-hybridized carbons (Fsp3) is 0.150. The largest absolute Gasteiger partial charge is 0.505 e. The Bertz CT molecular complexity index is 869. The fourth-order valence-corrected chi connectivity index (χ4v) is 3.93. The molecule has 7 heteroatoms. The number of phenols is 2. The third-order valence-electron chi connectivity index (χ3n) is 4.24. The molecule has 1 saturated carbocycles. The van der Waals surface area contributed by atoms with Gasteiger partial charge in [0.1, 0.15) is 0 Å². The first kappa shape index (κ1) is 20.1. The van der Waals surface area contributed by atoms with Crippen LogP contribution in [0.4, 0.5) is 0 Å². The number of carbonyl (C=O) groups excluding carboxylic acids is 1. The molecule has 0 bridgehead atoms. The summed E-state index contributed by atoms with van der Waals surface area (Å²) in [6.45, 7) is 0. The Morgan fingerprint density at radius 1 is 0.704 bits per heavy atom. The van der Waals surface area contributed by atoms with Crippen LogP contribution in [0.15, 0.2) is 35.4 Å². The standard InChI is InChI=1S/C20H14Cl4O3/c21-14-6-10(7-15(22)19(14)26)4-12-2-1-3-13(18(12)25)5-11-8-16(23)20(27)17(24)9-11/h4-9,26-27H,1-3H2/b12-4-,13-5+. The van der Waals surface area contributed by atoms with E-state index in [0.717, 1.165) is 6.42 Å². The van der Waals surface area contributed by atoms with Crippen LogP contribution < -0.4 is 0 Å². The smallest absolute Gasteiger partial charge is 0.185 e. The van der Waals surface area contributed by atoms with Crippen LogP contribution in [0.2, 0.25) is 20.1 Å². The number of carbonyl (C=O) groups is 1. The van der Waals surface area contributed by atoms with Gasteiger partial charge >= 0.3 is 0 Å². The number of phenolic OH excluding ortho intramolecular Hbond substituents is 2. The highest BCUT2D eigenvalue weighted by atomic mass is 35.5. The van der Waals surface area contributed by atoms with Crippen molar-refractivity contribution in [2.75, 3.05) is 0 Å². The van der Waals surface area contributed by atoms with E-state index in [4.69, 9.17) is 46.4 Å². The van der Waals surface area contributed by atoms with Gasteiger partial charge in [0.25, 0.3) is 0 Å². The van der Waals surface area contributed by atoms with E-state index in [2.05, 4.69) is 0 Å². The predicted molar refractivity (Wildman–Crippen MR) is 111 cm³/mol. The van der Waals surface area contributed by atoms with Crippen LogP contribution >= 0.6 is 46.4 Å². The third kappa shape index (κ3) is 4.44. The van der Waals surface area contributed by atoms with E-state index in [1.54, 1.807) is 36.4 Å². The molecule has 27 heavy (non-hydrogen) atoms. The summed E-state index contributed by atoms with van der Waals surface area (Å²) >= 11 is 23.8. The number of rotatable bonds is 2. The van der Waals surface area contributed by atoms with Crippen molar-refractivity contribution in [3.8, 4) is 11.5 Å². The van der Waals surface area contributed by atoms with E-state index in [1.165, 1.54) is 0 Å². The molecular formula is C20H14Cl4O3. The molecule has 0 amide bonds. The zero-order valence-corrected chi connectivity index (χ0v) is 16.9. The molecule has 140 valence electrons. The molecule has 2 aromatic rings. The molecule has 0 aromatic heterocycles. The highest BCUT2D eigenvalue weighted by Crippen LogP contribution is 2.36. The minimum Gasteiger partial charge on any atom is -0.505 e. The summed E-state index contributed by atoms with van der Waals surface area (Å²) in [4.78, 5) is 12.8. The average molecular weight is 444 g/mol. The van der Waals surface area contributed by atoms with Crippen LogP contribution in [0.3, 0.4) is 0 Å². The van der Waals surface area contributed by atoms with Crippen molar-refractivity contribution < 1.29 is 15.0 Å². The highest BCUT2D eigenvalue weighted by Gasteiger charge is 2.21. The Morgan fingerprint density at radius 2 is 1.04 bits per heavy atom. The van der Waals surface area contributed by atoms with Crippen LogP contribution in [0.25, 0.3) is 12.2 Å². The molecule has 1 fully saturated rings. The molecule has 3 rings (SSSR count). The van der Waals surface area contributed by atoms with E-state index in [0.29, 0.717) is 35.1 Å². The van der Waals surface area contributed by atoms with Crippen molar-refractivity contribution in [3.63, 3.8) is 0 Å². The molecule has 1 aliphatic rings. The van der Waals surface area contributed by atoms with E-state index >= 15 is 0 Å². The van der Waals surface area contributed by atoms with Gasteiger partial charge in [0.15, 0.2) is 17.3 Å². The molecule has 0 aliphatic heterocycles. The lowest BCUT2D eigenvalue weighted by Crippen LogP contribution is -2.12. The van der Waals surface area contributed by atoms with Gasteiger partial charge in [-0.15, -0.1) is 0 Å². The average Bonchev–Trinajstić information content (AvgIpc) is 2.61. The Balaban J connectivity index is 1.94. The predicted octanol–water partition coefficient (Wildman–Crippen LogP) is 6.93. The molecule has 3 nitrogen and oxygen atoms in total. The summed E-state index contributed by atoms with van der Waals surface area (Å²) in [5, 5.41) is 19.8. The van der Waals surface area contributed by atoms with Crippen LogP contribution in [0.1, 0.15) is 30.4 Å². The van der Waals surface area contributed by atoms with Gasteiger partial charge in [-0.25, -0.2) is 0 Å². The van der Waals surface area contributed by atoms with E-state index in [9.17, 15) is 15.0 Å². The monoisotopic (exact) mass is 442 g/mol. The summed E-state index contributed by atoms with van der Waals surface area (Å²) in [6.07, 6.45) is 5.52. The van der Waals surface area contributed by atoms with Crippen molar-refractivity contribution in [2.45, 2.75) is 19.3 Å². The number of benzene rings is 2. The second kappa shape index (κ2) is 8.15. The first-order valence-electron chi connectivity index (χ1n) is 8.08. The molecule has 0 spiro atoms. The number of halogens is 4. The number of Topliss-reactive ketones (excluding diaryl/α,β-unsaturated/α-hetero) is 1. The van der Waals surface area contributed by atoms with Crippen molar-refractivity contribution in [1.82, 2.24) is 0 Å². The lowest BCUT2D eigenvalue weighted by atomic mass is 9.87. The van der Waals surface area contributed by atoms with Gasteiger partial charge in [-0.1, -0.05) is 46.4 Å². The van der Waals surface area contributed by atoms with Gasteiger partial charge in [-0.05, 0) is 66.8 Å². The van der Waals surface area contributed by atoms with Gasteiger partial charge in [-0.3, -0.25) is 4.79 Å².